The van der Waals surface area contributed by atoms with Gasteiger partial charge in [0, 0.05) is 41.7 Å². The Bertz CT molecular complexity index is 1320. The molecule has 0 atom stereocenters. The molecule has 0 fully saturated rings. The lowest BCUT2D eigenvalue weighted by Gasteiger charge is -2.32. The number of pyridine rings is 1. The minimum atomic E-state index is -3.15. The van der Waals surface area contributed by atoms with Gasteiger partial charge in [-0.15, -0.1) is 0 Å². The number of fused-ring (bicyclic) bond motifs is 1. The number of aromatic nitrogens is 3. The van der Waals surface area contributed by atoms with Crippen LogP contribution >= 0.6 is 0 Å². The molecule has 0 unspecified atom stereocenters. The molecule has 166 valence electrons. The first-order valence-electron chi connectivity index (χ1n) is 10.2. The average Bonchev–Trinajstić information content (AvgIpc) is 2.71. The molecule has 3 heterocycles. The van der Waals surface area contributed by atoms with Crippen LogP contribution in [0.5, 0.6) is 0 Å². The first-order valence-corrected chi connectivity index (χ1v) is 12.2. The number of rotatable bonds is 5. The zero-order chi connectivity index (χ0) is 23.1. The Morgan fingerprint density at radius 2 is 1.94 bits per heavy atom. The zero-order valence-electron chi connectivity index (χ0n) is 18.4. The normalized spacial score (nSPS) is 15.1. The van der Waals surface area contributed by atoms with Gasteiger partial charge in [-0.05, 0) is 47.9 Å². The molecule has 8 nitrogen and oxygen atoms in total. The Kier molecular flexibility index (Phi) is 5.46. The van der Waals surface area contributed by atoms with E-state index in [1.165, 1.54) is 6.26 Å². The van der Waals surface area contributed by atoms with Crippen LogP contribution in [0.2, 0.25) is 0 Å². The fraction of sp³-hybridized carbons (Fsp3) is 0.304. The van der Waals surface area contributed by atoms with Gasteiger partial charge in [-0.2, -0.15) is 0 Å². The summed E-state index contributed by atoms with van der Waals surface area (Å²) < 4.78 is 23.2. The second-order valence-electron chi connectivity index (χ2n) is 8.80. The van der Waals surface area contributed by atoms with E-state index in [1.54, 1.807) is 24.5 Å². The molecule has 3 aromatic rings. The molecule has 2 aromatic heterocycles. The number of carbonyl (C=O) groups is 1. The van der Waals surface area contributed by atoms with Crippen molar-refractivity contribution in [2.75, 3.05) is 18.1 Å². The van der Waals surface area contributed by atoms with Crippen molar-refractivity contribution >= 4 is 27.5 Å². The number of hydrogen-bond acceptors (Lipinski definition) is 7. The molecule has 1 amide bonds. The van der Waals surface area contributed by atoms with Gasteiger partial charge in [0.25, 0.3) is 5.91 Å². The fourth-order valence-electron chi connectivity index (χ4n) is 3.79. The Hall–Kier alpha value is -3.33. The van der Waals surface area contributed by atoms with Crippen molar-refractivity contribution in [1.82, 2.24) is 20.3 Å². The smallest absolute Gasteiger partial charge is 0.251 e. The van der Waals surface area contributed by atoms with E-state index in [2.05, 4.69) is 39.4 Å². The largest absolute Gasteiger partial charge is 0.351 e. The Balaban J connectivity index is 1.68. The summed E-state index contributed by atoms with van der Waals surface area (Å²) in [6.45, 7) is 6.71. The van der Waals surface area contributed by atoms with Crippen molar-refractivity contribution in [2.24, 2.45) is 0 Å². The molecule has 0 radical (unpaired) electrons. The van der Waals surface area contributed by atoms with Crippen molar-refractivity contribution in [2.45, 2.75) is 31.9 Å². The lowest BCUT2D eigenvalue weighted by Crippen LogP contribution is -2.43. The second kappa shape index (κ2) is 7.98. The van der Waals surface area contributed by atoms with Gasteiger partial charge in [0.15, 0.2) is 9.84 Å². The van der Waals surface area contributed by atoms with E-state index >= 15 is 0 Å². The van der Waals surface area contributed by atoms with Crippen LogP contribution in [0.3, 0.4) is 0 Å². The number of anilines is 2. The highest BCUT2D eigenvalue weighted by Gasteiger charge is 2.31. The van der Waals surface area contributed by atoms with Crippen molar-refractivity contribution < 1.29 is 13.2 Å². The minimum Gasteiger partial charge on any atom is -0.351 e. The van der Waals surface area contributed by atoms with Crippen LogP contribution in [0.15, 0.2) is 42.7 Å². The molecule has 0 bridgehead atoms. The molecule has 2 N–H and O–H groups in total. The van der Waals surface area contributed by atoms with Gasteiger partial charge in [-0.25, -0.2) is 23.4 Å². The third-order valence-electron chi connectivity index (χ3n) is 5.42. The highest BCUT2D eigenvalue weighted by molar-refractivity contribution is 7.89. The molecule has 0 aliphatic carbocycles. The topological polar surface area (TPSA) is 114 Å². The third-order valence-corrected chi connectivity index (χ3v) is 6.28. The summed E-state index contributed by atoms with van der Waals surface area (Å²) in [5.74, 6) is 0.684. The molecule has 1 aliphatic rings. The van der Waals surface area contributed by atoms with Crippen LogP contribution in [-0.2, 0) is 21.0 Å². The molecule has 1 aliphatic heterocycles. The number of benzene rings is 1. The van der Waals surface area contributed by atoms with Gasteiger partial charge in [0.2, 0.25) is 5.95 Å². The SMILES string of the molecule is Cc1cnc(Nc2cc(CS(C)(=O)=O)ccn2)nc1-c1ccc2c(c1)C(C)(C)CNC2=O. The van der Waals surface area contributed by atoms with Crippen molar-refractivity contribution in [3.63, 3.8) is 0 Å². The number of nitrogens with zero attached hydrogens (tertiary/aromatic N) is 3. The predicted octanol–water partition coefficient (Wildman–Crippen LogP) is 3.16. The van der Waals surface area contributed by atoms with E-state index in [1.807, 2.05) is 25.1 Å². The number of carbonyl (C=O) groups excluding carboxylic acids is 1. The Morgan fingerprint density at radius 3 is 2.69 bits per heavy atom. The number of hydrogen-bond donors (Lipinski definition) is 2. The lowest BCUT2D eigenvalue weighted by atomic mass is 9.78. The van der Waals surface area contributed by atoms with E-state index in [0.29, 0.717) is 29.4 Å². The zero-order valence-corrected chi connectivity index (χ0v) is 19.2. The summed E-state index contributed by atoms with van der Waals surface area (Å²) in [7, 11) is -3.15. The summed E-state index contributed by atoms with van der Waals surface area (Å²) in [6, 6.07) is 9.09. The van der Waals surface area contributed by atoms with E-state index in [4.69, 9.17) is 0 Å². The molecule has 0 spiro atoms. The van der Waals surface area contributed by atoms with Gasteiger partial charge in [0.1, 0.15) is 5.82 Å². The van der Waals surface area contributed by atoms with Gasteiger partial charge >= 0.3 is 0 Å². The number of nitrogens with one attached hydrogen (secondary N) is 2. The molecule has 0 saturated heterocycles. The number of sulfone groups is 1. The average molecular weight is 452 g/mol. The van der Waals surface area contributed by atoms with Crippen LogP contribution in [-0.4, -0.2) is 42.1 Å². The van der Waals surface area contributed by atoms with Crippen LogP contribution in [0.4, 0.5) is 11.8 Å². The molecule has 32 heavy (non-hydrogen) atoms. The van der Waals surface area contributed by atoms with Crippen LogP contribution in [0.1, 0.15) is 40.9 Å². The monoisotopic (exact) mass is 451 g/mol. The van der Waals surface area contributed by atoms with Crippen LogP contribution in [0, 0.1) is 6.92 Å². The molecule has 4 rings (SSSR count). The summed E-state index contributed by atoms with van der Waals surface area (Å²) in [5, 5.41) is 6.00. The van der Waals surface area contributed by atoms with Crippen molar-refractivity contribution in [3.8, 4) is 11.3 Å². The standard InChI is InChI=1S/C23H25N5O3S/c1-14-11-25-22(27-19-9-15(7-8-24-19)12-32(4,30)31)28-20(14)16-5-6-17-18(10-16)23(2,3)13-26-21(17)29/h5-11H,12-13H2,1-4H3,(H,26,29)(H,24,25,27,28). The maximum atomic E-state index is 12.3. The minimum absolute atomic E-state index is 0.0623. The van der Waals surface area contributed by atoms with Gasteiger partial charge in [-0.1, -0.05) is 19.9 Å². The predicted molar refractivity (Wildman–Crippen MR) is 124 cm³/mol. The molecule has 9 heteroatoms. The first kappa shape index (κ1) is 21.9. The summed E-state index contributed by atoms with van der Waals surface area (Å²) in [5.41, 5.74) is 4.65. The van der Waals surface area contributed by atoms with Crippen LogP contribution in [0.25, 0.3) is 11.3 Å². The molecular weight excluding hydrogens is 426 g/mol. The fourth-order valence-corrected chi connectivity index (χ4v) is 4.57. The van der Waals surface area contributed by atoms with E-state index < -0.39 is 9.84 Å². The van der Waals surface area contributed by atoms with Crippen molar-refractivity contribution in [3.05, 3.63) is 65.0 Å². The third kappa shape index (κ3) is 4.62. The Morgan fingerprint density at radius 1 is 1.16 bits per heavy atom. The number of amides is 1. The summed E-state index contributed by atoms with van der Waals surface area (Å²) in [6.07, 6.45) is 4.47. The maximum absolute atomic E-state index is 12.3. The van der Waals surface area contributed by atoms with Crippen LogP contribution < -0.4 is 10.6 Å². The van der Waals surface area contributed by atoms with Crippen molar-refractivity contribution in [1.29, 1.82) is 0 Å². The van der Waals surface area contributed by atoms with Gasteiger partial charge in [-0.3, -0.25) is 4.79 Å². The molecule has 0 saturated carbocycles. The Labute approximate surface area is 187 Å². The highest BCUT2D eigenvalue weighted by atomic mass is 32.2. The van der Waals surface area contributed by atoms with Gasteiger partial charge < -0.3 is 10.6 Å². The van der Waals surface area contributed by atoms with E-state index in [0.717, 1.165) is 22.4 Å². The maximum Gasteiger partial charge on any atom is 0.251 e. The quantitative estimate of drug-likeness (QED) is 0.612. The number of aryl methyl sites for hydroxylation is 1. The second-order valence-corrected chi connectivity index (χ2v) is 10.9. The highest BCUT2D eigenvalue weighted by Crippen LogP contribution is 2.33. The van der Waals surface area contributed by atoms with Gasteiger partial charge in [0.05, 0.1) is 11.4 Å². The molecular formula is C23H25N5O3S. The van der Waals surface area contributed by atoms with E-state index in [-0.39, 0.29) is 17.1 Å². The van der Waals surface area contributed by atoms with E-state index in [9.17, 15) is 13.2 Å². The summed E-state index contributed by atoms with van der Waals surface area (Å²) in [4.78, 5) is 25.5. The molecule has 1 aromatic carbocycles. The first-order chi connectivity index (χ1) is 15.0. The summed E-state index contributed by atoms with van der Waals surface area (Å²) >= 11 is 0. The lowest BCUT2D eigenvalue weighted by molar-refractivity contribution is 0.0930.